The van der Waals surface area contributed by atoms with E-state index in [0.29, 0.717) is 13.0 Å². The SMILES string of the molecule is C#CCCCNC(=O)c1ccc(Cl)nn1. The van der Waals surface area contributed by atoms with Crippen LogP contribution in [0, 0.1) is 12.3 Å². The summed E-state index contributed by atoms with van der Waals surface area (Å²) in [7, 11) is 0. The molecule has 1 rings (SSSR count). The smallest absolute Gasteiger partial charge is 0.271 e. The van der Waals surface area contributed by atoms with E-state index in [0.717, 1.165) is 6.42 Å². The Kier molecular flexibility index (Phi) is 4.58. The first-order chi connectivity index (χ1) is 7.24. The fourth-order valence-electron chi connectivity index (χ4n) is 0.920. The molecule has 0 saturated heterocycles. The van der Waals surface area contributed by atoms with E-state index in [-0.39, 0.29) is 16.8 Å². The van der Waals surface area contributed by atoms with Gasteiger partial charge in [-0.1, -0.05) is 11.6 Å². The second-order valence-electron chi connectivity index (χ2n) is 2.80. The third-order valence-corrected chi connectivity index (χ3v) is 1.85. The maximum absolute atomic E-state index is 11.4. The number of aromatic nitrogens is 2. The lowest BCUT2D eigenvalue weighted by Crippen LogP contribution is -2.25. The zero-order valence-corrected chi connectivity index (χ0v) is 8.79. The molecule has 0 atom stereocenters. The standard InChI is InChI=1S/C10H10ClN3O/c1-2-3-4-7-12-10(15)8-5-6-9(11)14-13-8/h1,5-6H,3-4,7H2,(H,12,15). The van der Waals surface area contributed by atoms with E-state index < -0.39 is 0 Å². The minimum absolute atomic E-state index is 0.250. The van der Waals surface area contributed by atoms with Gasteiger partial charge in [-0.15, -0.1) is 22.5 Å². The van der Waals surface area contributed by atoms with Crippen LogP contribution >= 0.6 is 11.6 Å². The number of halogens is 1. The summed E-state index contributed by atoms with van der Waals surface area (Å²) in [5, 5.41) is 10.1. The van der Waals surface area contributed by atoms with E-state index in [1.807, 2.05) is 0 Å². The van der Waals surface area contributed by atoms with E-state index >= 15 is 0 Å². The van der Waals surface area contributed by atoms with Crippen molar-refractivity contribution in [2.24, 2.45) is 0 Å². The van der Waals surface area contributed by atoms with Gasteiger partial charge in [-0.25, -0.2) is 0 Å². The number of hydrogen-bond donors (Lipinski definition) is 1. The van der Waals surface area contributed by atoms with Crippen LogP contribution in [0.1, 0.15) is 23.3 Å². The van der Waals surface area contributed by atoms with Crippen molar-refractivity contribution < 1.29 is 4.79 Å². The third kappa shape index (κ3) is 3.96. The molecule has 0 bridgehead atoms. The second-order valence-corrected chi connectivity index (χ2v) is 3.19. The molecule has 1 aromatic rings. The van der Waals surface area contributed by atoms with Gasteiger partial charge in [0.15, 0.2) is 10.8 Å². The fraction of sp³-hybridized carbons (Fsp3) is 0.300. The van der Waals surface area contributed by atoms with Crippen LogP contribution in [-0.2, 0) is 0 Å². The predicted molar refractivity (Wildman–Crippen MR) is 57.4 cm³/mol. The topological polar surface area (TPSA) is 54.9 Å². The summed E-state index contributed by atoms with van der Waals surface area (Å²) < 4.78 is 0. The maximum atomic E-state index is 11.4. The Balaban J connectivity index is 2.41. The Morgan fingerprint density at radius 3 is 2.93 bits per heavy atom. The van der Waals surface area contributed by atoms with Crippen LogP contribution in [0.3, 0.4) is 0 Å². The molecule has 0 fully saturated rings. The quantitative estimate of drug-likeness (QED) is 0.618. The number of amides is 1. The Hall–Kier alpha value is -1.60. The lowest BCUT2D eigenvalue weighted by Gasteiger charge is -2.01. The minimum Gasteiger partial charge on any atom is -0.351 e. The van der Waals surface area contributed by atoms with Crippen LogP contribution in [0.25, 0.3) is 0 Å². The molecule has 1 amide bonds. The fourth-order valence-corrected chi connectivity index (χ4v) is 1.02. The largest absolute Gasteiger partial charge is 0.351 e. The molecule has 1 heterocycles. The Morgan fingerprint density at radius 1 is 1.53 bits per heavy atom. The number of nitrogens with zero attached hydrogens (tertiary/aromatic N) is 2. The van der Waals surface area contributed by atoms with Crippen molar-refractivity contribution >= 4 is 17.5 Å². The van der Waals surface area contributed by atoms with Crippen LogP contribution in [0.2, 0.25) is 5.15 Å². The van der Waals surface area contributed by atoms with E-state index in [1.54, 1.807) is 0 Å². The molecule has 0 aromatic carbocycles. The summed E-state index contributed by atoms with van der Waals surface area (Å²) in [4.78, 5) is 11.4. The van der Waals surface area contributed by atoms with Crippen molar-refractivity contribution in [3.05, 3.63) is 23.0 Å². The molecule has 0 aliphatic carbocycles. The highest BCUT2D eigenvalue weighted by molar-refractivity contribution is 6.29. The summed E-state index contributed by atoms with van der Waals surface area (Å²) in [5.41, 5.74) is 0.250. The Bertz CT molecular complexity index is 369. The predicted octanol–water partition coefficient (Wildman–Crippen LogP) is 1.27. The molecular formula is C10H10ClN3O. The molecule has 15 heavy (non-hydrogen) atoms. The highest BCUT2D eigenvalue weighted by atomic mass is 35.5. The van der Waals surface area contributed by atoms with Crippen LogP contribution in [0.5, 0.6) is 0 Å². The first-order valence-electron chi connectivity index (χ1n) is 4.45. The van der Waals surface area contributed by atoms with Crippen LogP contribution in [-0.4, -0.2) is 22.6 Å². The monoisotopic (exact) mass is 223 g/mol. The van der Waals surface area contributed by atoms with Crippen LogP contribution in [0.15, 0.2) is 12.1 Å². The van der Waals surface area contributed by atoms with Gasteiger partial charge in [0.25, 0.3) is 5.91 Å². The van der Waals surface area contributed by atoms with E-state index in [1.165, 1.54) is 12.1 Å². The van der Waals surface area contributed by atoms with Crippen molar-refractivity contribution in [2.75, 3.05) is 6.54 Å². The Morgan fingerprint density at radius 2 is 2.33 bits per heavy atom. The zero-order valence-electron chi connectivity index (χ0n) is 8.03. The molecule has 0 saturated carbocycles. The summed E-state index contributed by atoms with van der Waals surface area (Å²) in [5.74, 6) is 2.22. The van der Waals surface area contributed by atoms with E-state index in [9.17, 15) is 4.79 Å². The molecule has 1 N–H and O–H groups in total. The van der Waals surface area contributed by atoms with Crippen molar-refractivity contribution in [3.63, 3.8) is 0 Å². The molecule has 0 spiro atoms. The normalized spacial score (nSPS) is 9.33. The lowest BCUT2D eigenvalue weighted by molar-refractivity contribution is 0.0947. The molecule has 0 aliphatic rings. The first-order valence-corrected chi connectivity index (χ1v) is 4.82. The van der Waals surface area contributed by atoms with Gasteiger partial charge < -0.3 is 5.32 Å². The molecule has 5 heteroatoms. The summed E-state index contributed by atoms with van der Waals surface area (Å²) >= 11 is 5.53. The molecule has 0 unspecified atom stereocenters. The lowest BCUT2D eigenvalue weighted by atomic mass is 10.3. The number of unbranched alkanes of at least 4 members (excludes halogenated alkanes) is 1. The highest BCUT2D eigenvalue weighted by Gasteiger charge is 2.06. The van der Waals surface area contributed by atoms with Crippen molar-refractivity contribution in [3.8, 4) is 12.3 Å². The molecule has 0 radical (unpaired) electrons. The van der Waals surface area contributed by atoms with E-state index in [4.69, 9.17) is 18.0 Å². The van der Waals surface area contributed by atoms with Gasteiger partial charge >= 0.3 is 0 Å². The first kappa shape index (κ1) is 11.5. The van der Waals surface area contributed by atoms with Gasteiger partial charge in [-0.05, 0) is 18.6 Å². The zero-order chi connectivity index (χ0) is 11.1. The van der Waals surface area contributed by atoms with Crippen molar-refractivity contribution in [1.82, 2.24) is 15.5 Å². The number of terminal acetylenes is 1. The van der Waals surface area contributed by atoms with Gasteiger partial charge in [-0.3, -0.25) is 4.79 Å². The average Bonchev–Trinajstić information content (AvgIpc) is 2.25. The van der Waals surface area contributed by atoms with Crippen LogP contribution < -0.4 is 5.32 Å². The number of carbonyl (C=O) groups is 1. The van der Waals surface area contributed by atoms with E-state index in [2.05, 4.69) is 21.4 Å². The molecule has 4 nitrogen and oxygen atoms in total. The molecule has 78 valence electrons. The molecular weight excluding hydrogens is 214 g/mol. The maximum Gasteiger partial charge on any atom is 0.271 e. The van der Waals surface area contributed by atoms with Gasteiger partial charge in [0.1, 0.15) is 0 Å². The van der Waals surface area contributed by atoms with Crippen molar-refractivity contribution in [2.45, 2.75) is 12.8 Å². The summed E-state index contributed by atoms with van der Waals surface area (Å²) in [6.07, 6.45) is 6.47. The third-order valence-electron chi connectivity index (χ3n) is 1.65. The molecule has 1 aromatic heterocycles. The molecule has 0 aliphatic heterocycles. The number of hydrogen-bond acceptors (Lipinski definition) is 3. The van der Waals surface area contributed by atoms with Crippen molar-refractivity contribution in [1.29, 1.82) is 0 Å². The summed E-state index contributed by atoms with van der Waals surface area (Å²) in [6, 6.07) is 3.04. The second kappa shape index (κ2) is 5.99. The Labute approximate surface area is 93.0 Å². The highest BCUT2D eigenvalue weighted by Crippen LogP contribution is 2.01. The average molecular weight is 224 g/mol. The van der Waals surface area contributed by atoms with Crippen LogP contribution in [0.4, 0.5) is 0 Å². The van der Waals surface area contributed by atoms with Gasteiger partial charge in [0, 0.05) is 13.0 Å². The number of carbonyl (C=O) groups excluding carboxylic acids is 1. The van der Waals surface area contributed by atoms with Gasteiger partial charge in [0.2, 0.25) is 0 Å². The van der Waals surface area contributed by atoms with Gasteiger partial charge in [-0.2, -0.15) is 0 Å². The number of nitrogens with one attached hydrogen (secondary N) is 1. The number of rotatable bonds is 4. The minimum atomic E-state index is -0.267. The summed E-state index contributed by atoms with van der Waals surface area (Å²) in [6.45, 7) is 0.535. The van der Waals surface area contributed by atoms with Gasteiger partial charge in [0.05, 0.1) is 0 Å².